The molecule has 1 aromatic carbocycles. The van der Waals surface area contributed by atoms with Crippen LogP contribution in [0.3, 0.4) is 0 Å². The molecule has 1 aliphatic rings. The van der Waals surface area contributed by atoms with Gasteiger partial charge in [0.15, 0.2) is 0 Å². The van der Waals surface area contributed by atoms with Gasteiger partial charge in [-0.2, -0.15) is 0 Å². The summed E-state index contributed by atoms with van der Waals surface area (Å²) in [5, 5.41) is 0. The van der Waals surface area contributed by atoms with Crippen LogP contribution in [-0.2, 0) is 6.42 Å². The van der Waals surface area contributed by atoms with Gasteiger partial charge in [0, 0.05) is 6.54 Å². The number of nitrogens with two attached hydrogens (primary N) is 1. The summed E-state index contributed by atoms with van der Waals surface area (Å²) in [7, 11) is 0. The minimum absolute atomic E-state index is 0.612. The highest BCUT2D eigenvalue weighted by Gasteiger charge is 2.16. The highest BCUT2D eigenvalue weighted by atomic mass is 15.1. The first-order valence-corrected chi connectivity index (χ1v) is 6.35. The van der Waals surface area contributed by atoms with E-state index in [1.54, 1.807) is 0 Å². The Hall–Kier alpha value is -0.860. The van der Waals surface area contributed by atoms with Crippen LogP contribution in [0.5, 0.6) is 0 Å². The molecule has 0 amide bonds. The molecule has 1 aliphatic heterocycles. The van der Waals surface area contributed by atoms with E-state index in [1.165, 1.54) is 38.0 Å². The fourth-order valence-corrected chi connectivity index (χ4v) is 2.50. The molecule has 2 N–H and O–H groups in total. The molecule has 88 valence electrons. The Balaban J connectivity index is 1.85. The Labute approximate surface area is 98.4 Å². The Bertz CT molecular complexity index is 291. The molecule has 0 bridgehead atoms. The average molecular weight is 218 g/mol. The van der Waals surface area contributed by atoms with Crippen molar-refractivity contribution in [1.82, 2.24) is 4.90 Å². The van der Waals surface area contributed by atoms with E-state index in [1.807, 2.05) is 0 Å². The molecule has 2 nitrogen and oxygen atoms in total. The third kappa shape index (κ3) is 3.32. The summed E-state index contributed by atoms with van der Waals surface area (Å²) >= 11 is 0. The lowest BCUT2D eigenvalue weighted by atomic mass is 9.99. The number of benzene rings is 1. The summed E-state index contributed by atoms with van der Waals surface area (Å²) in [5.74, 6) is 0.612. The molecule has 1 saturated heterocycles. The van der Waals surface area contributed by atoms with Crippen LogP contribution in [0.2, 0.25) is 0 Å². The van der Waals surface area contributed by atoms with E-state index in [4.69, 9.17) is 5.73 Å². The van der Waals surface area contributed by atoms with Gasteiger partial charge in [0.1, 0.15) is 0 Å². The maximum atomic E-state index is 5.87. The zero-order valence-corrected chi connectivity index (χ0v) is 9.94. The van der Waals surface area contributed by atoms with Crippen LogP contribution in [0.4, 0.5) is 0 Å². The van der Waals surface area contributed by atoms with Gasteiger partial charge in [-0.15, -0.1) is 0 Å². The van der Waals surface area contributed by atoms with Gasteiger partial charge in [0.25, 0.3) is 0 Å². The zero-order valence-electron chi connectivity index (χ0n) is 9.94. The van der Waals surface area contributed by atoms with E-state index in [2.05, 4.69) is 35.2 Å². The predicted octanol–water partition coefficient (Wildman–Crippen LogP) is 1.90. The van der Waals surface area contributed by atoms with Crippen LogP contribution >= 0.6 is 0 Å². The molecule has 1 aromatic rings. The number of rotatable bonds is 5. The number of likely N-dealkylation sites (tertiary alicyclic amines) is 1. The van der Waals surface area contributed by atoms with Crippen LogP contribution in [-0.4, -0.2) is 31.1 Å². The Kier molecular flexibility index (Phi) is 4.37. The maximum Gasteiger partial charge on any atom is 0.00249 e. The summed E-state index contributed by atoms with van der Waals surface area (Å²) in [4.78, 5) is 2.56. The molecular weight excluding hydrogens is 196 g/mol. The Morgan fingerprint density at radius 2 is 1.81 bits per heavy atom. The predicted molar refractivity (Wildman–Crippen MR) is 68.4 cm³/mol. The Morgan fingerprint density at radius 3 is 2.44 bits per heavy atom. The smallest absolute Gasteiger partial charge is 0.00249 e. The molecule has 0 radical (unpaired) electrons. The lowest BCUT2D eigenvalue weighted by molar-refractivity contribution is 0.279. The Morgan fingerprint density at radius 1 is 1.12 bits per heavy atom. The van der Waals surface area contributed by atoms with Crippen molar-refractivity contribution >= 4 is 0 Å². The first-order chi connectivity index (χ1) is 7.88. The molecular formula is C14H22N2. The molecule has 0 aromatic heterocycles. The average Bonchev–Trinajstić information content (AvgIpc) is 2.82. The van der Waals surface area contributed by atoms with Crippen molar-refractivity contribution in [3.05, 3.63) is 35.9 Å². The maximum absolute atomic E-state index is 5.87. The van der Waals surface area contributed by atoms with Crippen LogP contribution in [0, 0.1) is 5.92 Å². The molecule has 1 heterocycles. The summed E-state index contributed by atoms with van der Waals surface area (Å²) in [6.07, 6.45) is 3.85. The molecule has 1 fully saturated rings. The van der Waals surface area contributed by atoms with Gasteiger partial charge in [0.05, 0.1) is 0 Å². The SMILES string of the molecule is NC[C@@H](Cc1ccccc1)CN1CCCC1. The molecule has 0 spiro atoms. The van der Waals surface area contributed by atoms with Crippen LogP contribution in [0.1, 0.15) is 18.4 Å². The molecule has 16 heavy (non-hydrogen) atoms. The number of hydrogen-bond acceptors (Lipinski definition) is 2. The van der Waals surface area contributed by atoms with Crippen molar-refractivity contribution in [2.75, 3.05) is 26.2 Å². The van der Waals surface area contributed by atoms with E-state index >= 15 is 0 Å². The summed E-state index contributed by atoms with van der Waals surface area (Å²) in [6, 6.07) is 10.7. The second-order valence-corrected chi connectivity index (χ2v) is 4.80. The third-order valence-corrected chi connectivity index (χ3v) is 3.42. The highest BCUT2D eigenvalue weighted by Crippen LogP contribution is 2.13. The van der Waals surface area contributed by atoms with Crippen molar-refractivity contribution in [1.29, 1.82) is 0 Å². The van der Waals surface area contributed by atoms with Gasteiger partial charge in [-0.3, -0.25) is 0 Å². The largest absolute Gasteiger partial charge is 0.330 e. The topological polar surface area (TPSA) is 29.3 Å². The molecule has 1 atom stereocenters. The lowest BCUT2D eigenvalue weighted by Gasteiger charge is -2.22. The van der Waals surface area contributed by atoms with Gasteiger partial charge in [-0.25, -0.2) is 0 Å². The van der Waals surface area contributed by atoms with Crippen molar-refractivity contribution in [2.45, 2.75) is 19.3 Å². The van der Waals surface area contributed by atoms with Gasteiger partial charge in [-0.05, 0) is 50.4 Å². The second-order valence-electron chi connectivity index (χ2n) is 4.80. The van der Waals surface area contributed by atoms with Gasteiger partial charge in [-0.1, -0.05) is 30.3 Å². The number of hydrogen-bond donors (Lipinski definition) is 1. The molecule has 2 rings (SSSR count). The monoisotopic (exact) mass is 218 g/mol. The van der Waals surface area contributed by atoms with Crippen molar-refractivity contribution in [3.8, 4) is 0 Å². The summed E-state index contributed by atoms with van der Waals surface area (Å²) in [5.41, 5.74) is 7.29. The van der Waals surface area contributed by atoms with E-state index in [9.17, 15) is 0 Å². The third-order valence-electron chi connectivity index (χ3n) is 3.42. The second kappa shape index (κ2) is 6.02. The quantitative estimate of drug-likeness (QED) is 0.818. The van der Waals surface area contributed by atoms with Crippen molar-refractivity contribution in [2.24, 2.45) is 11.7 Å². The van der Waals surface area contributed by atoms with Crippen molar-refractivity contribution in [3.63, 3.8) is 0 Å². The van der Waals surface area contributed by atoms with E-state index in [0.717, 1.165) is 13.0 Å². The van der Waals surface area contributed by atoms with Crippen LogP contribution in [0.25, 0.3) is 0 Å². The molecule has 0 saturated carbocycles. The zero-order chi connectivity index (χ0) is 11.2. The molecule has 2 heteroatoms. The highest BCUT2D eigenvalue weighted by molar-refractivity contribution is 5.15. The minimum Gasteiger partial charge on any atom is -0.330 e. The first-order valence-electron chi connectivity index (χ1n) is 6.35. The van der Waals surface area contributed by atoms with Gasteiger partial charge < -0.3 is 10.6 Å². The van der Waals surface area contributed by atoms with Crippen molar-refractivity contribution < 1.29 is 0 Å². The molecule has 0 unspecified atom stereocenters. The van der Waals surface area contributed by atoms with Crippen LogP contribution in [0.15, 0.2) is 30.3 Å². The summed E-state index contributed by atoms with van der Waals surface area (Å²) < 4.78 is 0. The fraction of sp³-hybridized carbons (Fsp3) is 0.571. The lowest BCUT2D eigenvalue weighted by Crippen LogP contribution is -2.32. The van der Waals surface area contributed by atoms with Gasteiger partial charge >= 0.3 is 0 Å². The normalized spacial score (nSPS) is 18.8. The van der Waals surface area contributed by atoms with E-state index < -0.39 is 0 Å². The minimum atomic E-state index is 0.612. The number of nitrogens with zero attached hydrogens (tertiary/aromatic N) is 1. The van der Waals surface area contributed by atoms with Crippen LogP contribution < -0.4 is 5.73 Å². The fourth-order valence-electron chi connectivity index (χ4n) is 2.50. The molecule has 0 aliphatic carbocycles. The first kappa shape index (κ1) is 11.6. The van der Waals surface area contributed by atoms with E-state index in [-0.39, 0.29) is 0 Å². The van der Waals surface area contributed by atoms with Gasteiger partial charge in [0.2, 0.25) is 0 Å². The van der Waals surface area contributed by atoms with E-state index in [0.29, 0.717) is 5.92 Å². The summed E-state index contributed by atoms with van der Waals surface area (Å²) in [6.45, 7) is 4.51. The standard InChI is InChI=1S/C14H22N2/c15-11-14(12-16-8-4-5-9-16)10-13-6-2-1-3-7-13/h1-3,6-7,14H,4-5,8-12,15H2/t14-/m1/s1.